The van der Waals surface area contributed by atoms with Crippen LogP contribution in [0.4, 0.5) is 22.9 Å². The first kappa shape index (κ1) is 20.5. The lowest BCUT2D eigenvalue weighted by molar-refractivity contribution is 0.122. The molecule has 1 saturated heterocycles. The van der Waals surface area contributed by atoms with E-state index in [-0.39, 0.29) is 4.90 Å². The van der Waals surface area contributed by atoms with Crippen molar-refractivity contribution in [1.29, 1.82) is 0 Å². The molecule has 32 heavy (non-hydrogen) atoms. The van der Waals surface area contributed by atoms with E-state index >= 15 is 0 Å². The maximum absolute atomic E-state index is 12.8. The fraction of sp³-hybridized carbons (Fsp3) is 0.273. The molecular weight excluding hydrogens is 430 g/mol. The van der Waals surface area contributed by atoms with Crippen molar-refractivity contribution < 1.29 is 17.9 Å². The van der Waals surface area contributed by atoms with Gasteiger partial charge in [-0.25, -0.2) is 8.42 Å². The van der Waals surface area contributed by atoms with Crippen molar-refractivity contribution in [2.24, 2.45) is 0 Å². The van der Waals surface area contributed by atoms with Gasteiger partial charge in [0.25, 0.3) is 10.0 Å². The smallest absolute Gasteiger partial charge is 0.261 e. The SMILES string of the molecule is O=S(=O)(Nc1ccc(Nc2cc(N3CCOCC3)cnn2)cc1)c1ccc2c(c1)CCO2. The van der Waals surface area contributed by atoms with Crippen LogP contribution in [0.3, 0.4) is 0 Å². The van der Waals surface area contributed by atoms with Crippen LogP contribution in [0, 0.1) is 0 Å². The molecule has 3 aromatic rings. The third kappa shape index (κ3) is 4.46. The molecule has 10 heteroatoms. The predicted octanol–water partition coefficient (Wildman–Crippen LogP) is 2.79. The van der Waals surface area contributed by atoms with Crippen molar-refractivity contribution in [3.05, 3.63) is 60.3 Å². The van der Waals surface area contributed by atoms with E-state index in [4.69, 9.17) is 9.47 Å². The van der Waals surface area contributed by atoms with Crippen LogP contribution in [-0.2, 0) is 21.2 Å². The van der Waals surface area contributed by atoms with Gasteiger partial charge in [0.1, 0.15) is 5.75 Å². The Bertz CT molecular complexity index is 1210. The first-order valence-electron chi connectivity index (χ1n) is 10.4. The van der Waals surface area contributed by atoms with Crippen molar-refractivity contribution >= 4 is 32.9 Å². The molecule has 2 N–H and O–H groups in total. The molecule has 166 valence electrons. The molecule has 2 aliphatic rings. The first-order chi connectivity index (χ1) is 15.6. The van der Waals surface area contributed by atoms with E-state index in [2.05, 4.69) is 25.1 Å². The van der Waals surface area contributed by atoms with Gasteiger partial charge in [0.2, 0.25) is 0 Å². The van der Waals surface area contributed by atoms with Gasteiger partial charge in [-0.2, -0.15) is 5.10 Å². The molecule has 0 amide bonds. The minimum Gasteiger partial charge on any atom is -0.493 e. The first-order valence-corrected chi connectivity index (χ1v) is 11.9. The highest BCUT2D eigenvalue weighted by molar-refractivity contribution is 7.92. The highest BCUT2D eigenvalue weighted by Gasteiger charge is 2.19. The Labute approximate surface area is 186 Å². The maximum Gasteiger partial charge on any atom is 0.261 e. The third-order valence-corrected chi connectivity index (χ3v) is 6.78. The summed E-state index contributed by atoms with van der Waals surface area (Å²) in [5.74, 6) is 1.36. The minimum atomic E-state index is -3.69. The molecule has 5 rings (SSSR count). The summed E-state index contributed by atoms with van der Waals surface area (Å²) in [6.07, 6.45) is 2.45. The molecule has 1 fully saturated rings. The Morgan fingerprint density at radius 2 is 1.72 bits per heavy atom. The Morgan fingerprint density at radius 1 is 0.938 bits per heavy atom. The average Bonchev–Trinajstić information content (AvgIpc) is 3.29. The summed E-state index contributed by atoms with van der Waals surface area (Å²) in [6.45, 7) is 3.61. The van der Waals surface area contributed by atoms with Gasteiger partial charge in [-0.15, -0.1) is 5.10 Å². The zero-order chi connectivity index (χ0) is 22.0. The predicted molar refractivity (Wildman–Crippen MR) is 121 cm³/mol. The van der Waals surface area contributed by atoms with Gasteiger partial charge in [0, 0.05) is 37.0 Å². The van der Waals surface area contributed by atoms with Crippen LogP contribution in [0.25, 0.3) is 0 Å². The molecule has 0 spiro atoms. The summed E-state index contributed by atoms with van der Waals surface area (Å²) in [4.78, 5) is 2.42. The van der Waals surface area contributed by atoms with Crippen LogP contribution < -0.4 is 19.7 Å². The molecule has 3 heterocycles. The largest absolute Gasteiger partial charge is 0.493 e. The Morgan fingerprint density at radius 3 is 2.53 bits per heavy atom. The van der Waals surface area contributed by atoms with E-state index in [0.29, 0.717) is 37.7 Å². The van der Waals surface area contributed by atoms with Crippen molar-refractivity contribution in [2.45, 2.75) is 11.3 Å². The highest BCUT2D eigenvalue weighted by Crippen LogP contribution is 2.29. The van der Waals surface area contributed by atoms with Gasteiger partial charge >= 0.3 is 0 Å². The topological polar surface area (TPSA) is 106 Å². The molecule has 0 saturated carbocycles. The van der Waals surface area contributed by atoms with E-state index in [1.807, 2.05) is 6.07 Å². The average molecular weight is 454 g/mol. The number of nitrogens with zero attached hydrogens (tertiary/aromatic N) is 3. The van der Waals surface area contributed by atoms with Crippen molar-refractivity contribution in [3.63, 3.8) is 0 Å². The highest BCUT2D eigenvalue weighted by atomic mass is 32.2. The Hall–Kier alpha value is -3.37. The fourth-order valence-electron chi connectivity index (χ4n) is 3.73. The number of morpholine rings is 1. The van der Waals surface area contributed by atoms with Crippen LogP contribution in [0.15, 0.2) is 59.6 Å². The zero-order valence-corrected chi connectivity index (χ0v) is 18.1. The maximum atomic E-state index is 12.8. The van der Waals surface area contributed by atoms with Gasteiger partial charge in [-0.05, 0) is 48.0 Å². The second-order valence-corrected chi connectivity index (χ2v) is 9.26. The normalized spacial score (nSPS) is 15.7. The number of fused-ring (bicyclic) bond motifs is 1. The number of rotatable bonds is 6. The number of benzene rings is 2. The second-order valence-electron chi connectivity index (χ2n) is 7.57. The van der Waals surface area contributed by atoms with Crippen molar-refractivity contribution in [2.75, 3.05) is 47.8 Å². The van der Waals surface area contributed by atoms with Gasteiger partial charge in [-0.1, -0.05) is 0 Å². The monoisotopic (exact) mass is 453 g/mol. The second kappa shape index (κ2) is 8.64. The van der Waals surface area contributed by atoms with E-state index in [9.17, 15) is 8.42 Å². The molecule has 2 aromatic carbocycles. The lowest BCUT2D eigenvalue weighted by atomic mass is 10.2. The molecule has 0 aliphatic carbocycles. The van der Waals surface area contributed by atoms with Gasteiger partial charge in [0.05, 0.1) is 36.6 Å². The third-order valence-electron chi connectivity index (χ3n) is 5.40. The van der Waals surface area contributed by atoms with Gasteiger partial charge in [0.15, 0.2) is 5.82 Å². The summed E-state index contributed by atoms with van der Waals surface area (Å²) in [6, 6.07) is 13.9. The van der Waals surface area contributed by atoms with Crippen LogP contribution in [0.5, 0.6) is 5.75 Å². The van der Waals surface area contributed by atoms with E-state index < -0.39 is 10.0 Å². The molecule has 2 aliphatic heterocycles. The number of aromatic nitrogens is 2. The fourth-order valence-corrected chi connectivity index (χ4v) is 4.83. The van der Waals surface area contributed by atoms with Crippen LogP contribution >= 0.6 is 0 Å². The number of nitrogens with one attached hydrogen (secondary N) is 2. The van der Waals surface area contributed by atoms with Gasteiger partial charge < -0.3 is 19.7 Å². The van der Waals surface area contributed by atoms with Crippen LogP contribution in [0.1, 0.15) is 5.56 Å². The van der Waals surface area contributed by atoms with Crippen molar-refractivity contribution in [3.8, 4) is 5.75 Å². The number of sulfonamides is 1. The van der Waals surface area contributed by atoms with E-state index in [1.54, 1.807) is 48.7 Å². The number of hydrogen-bond acceptors (Lipinski definition) is 8. The molecule has 0 bridgehead atoms. The van der Waals surface area contributed by atoms with Crippen LogP contribution in [0.2, 0.25) is 0 Å². The summed E-state index contributed by atoms with van der Waals surface area (Å²) in [7, 11) is -3.69. The Kier molecular flexibility index (Phi) is 5.54. The summed E-state index contributed by atoms with van der Waals surface area (Å²) in [5.41, 5.74) is 3.14. The number of hydrogen-bond donors (Lipinski definition) is 2. The summed E-state index contributed by atoms with van der Waals surface area (Å²) < 4.78 is 39.0. The summed E-state index contributed by atoms with van der Waals surface area (Å²) in [5, 5.41) is 11.4. The molecule has 0 atom stereocenters. The number of anilines is 4. The van der Waals surface area contributed by atoms with Gasteiger partial charge in [-0.3, -0.25) is 4.72 Å². The Balaban J connectivity index is 1.26. The lowest BCUT2D eigenvalue weighted by Crippen LogP contribution is -2.36. The number of ether oxygens (including phenoxy) is 2. The molecule has 0 radical (unpaired) electrons. The minimum absolute atomic E-state index is 0.221. The van der Waals surface area contributed by atoms with Crippen molar-refractivity contribution in [1.82, 2.24) is 10.2 Å². The van der Waals surface area contributed by atoms with Crippen LogP contribution in [-0.4, -0.2) is 51.5 Å². The molecule has 9 nitrogen and oxygen atoms in total. The molecular formula is C22H23N5O4S. The van der Waals surface area contributed by atoms with E-state index in [1.165, 1.54) is 0 Å². The lowest BCUT2D eigenvalue weighted by Gasteiger charge is -2.28. The quantitative estimate of drug-likeness (QED) is 0.587. The zero-order valence-electron chi connectivity index (χ0n) is 17.3. The molecule has 1 aromatic heterocycles. The standard InChI is InChI=1S/C22H23N5O4S/c28-32(29,20-5-6-21-16(13-20)7-10-31-21)26-18-3-1-17(2-4-18)24-22-14-19(15-23-25-22)27-8-11-30-12-9-27/h1-6,13-15,26H,7-12H2,(H,24,25). The molecule has 0 unspecified atom stereocenters. The summed E-state index contributed by atoms with van der Waals surface area (Å²) >= 11 is 0. The van der Waals surface area contributed by atoms with E-state index in [0.717, 1.165) is 35.8 Å².